The second-order valence-corrected chi connectivity index (χ2v) is 10.8. The fraction of sp³-hybridized carbons (Fsp3) is 0.308. The minimum Gasteiger partial charge on any atom is -0.480 e. The van der Waals surface area contributed by atoms with Gasteiger partial charge in [0.25, 0.3) is 11.1 Å². The number of carboxylic acids is 1. The van der Waals surface area contributed by atoms with E-state index in [-0.39, 0.29) is 45.8 Å². The van der Waals surface area contributed by atoms with Gasteiger partial charge in [-0.2, -0.15) is 18.3 Å². The molecular formula is C26H22ClF3N4O4S. The van der Waals surface area contributed by atoms with E-state index < -0.39 is 17.7 Å². The number of carbonyl (C=O) groups excluding carboxylic acids is 2. The second kappa shape index (κ2) is 10.7. The molecule has 1 N–H and O–H groups in total. The lowest BCUT2D eigenvalue weighted by Crippen LogP contribution is -2.47. The Labute approximate surface area is 230 Å². The standard InChI is InChI=1S/C26H22ClF3N4O4S/c27-18-3-2-16(20(11-18)26(28,29)30)13-33-21-4-1-15(9-17(21)12-31-33)10-22-24(37)34(25(38)39-22)19-5-7-32(8-6-19)14-23(35)36/h1-4,9-12,19H,5-8,13-14H2,(H,35,36)/b22-10-. The number of piperidine rings is 1. The minimum atomic E-state index is -4.56. The van der Waals surface area contributed by atoms with Crippen LogP contribution in [0.25, 0.3) is 17.0 Å². The molecule has 1 aromatic heterocycles. The number of likely N-dealkylation sites (tertiary alicyclic amines) is 1. The van der Waals surface area contributed by atoms with Gasteiger partial charge in [0.05, 0.1) is 35.3 Å². The number of alkyl halides is 3. The molecule has 2 amide bonds. The van der Waals surface area contributed by atoms with Gasteiger partial charge in [0.15, 0.2) is 0 Å². The summed E-state index contributed by atoms with van der Waals surface area (Å²) in [6.45, 7) is 0.785. The quantitative estimate of drug-likeness (QED) is 0.394. The number of carbonyl (C=O) groups is 3. The third-order valence-corrected chi connectivity index (χ3v) is 7.88. The first-order valence-corrected chi connectivity index (χ1v) is 13.2. The zero-order chi connectivity index (χ0) is 27.9. The summed E-state index contributed by atoms with van der Waals surface area (Å²) < 4.78 is 42.0. The Kier molecular flexibility index (Phi) is 7.45. The van der Waals surface area contributed by atoms with E-state index in [1.54, 1.807) is 29.2 Å². The SMILES string of the molecule is O=C(O)CN1CCC(N2C(=O)S/C(=C\c3ccc4c(cnn4Cc4ccc(Cl)cc4C(F)(F)F)c3)C2=O)CC1. The summed E-state index contributed by atoms with van der Waals surface area (Å²) in [5.41, 5.74) is 0.463. The van der Waals surface area contributed by atoms with E-state index in [4.69, 9.17) is 16.7 Å². The average Bonchev–Trinajstić information content (AvgIpc) is 3.39. The molecule has 0 unspecified atom stereocenters. The maximum Gasteiger partial charge on any atom is 0.416 e. The van der Waals surface area contributed by atoms with E-state index in [2.05, 4.69) is 5.10 Å². The van der Waals surface area contributed by atoms with Crippen LogP contribution in [-0.4, -0.2) is 67.5 Å². The van der Waals surface area contributed by atoms with Gasteiger partial charge < -0.3 is 5.11 Å². The van der Waals surface area contributed by atoms with Crippen LogP contribution in [0.5, 0.6) is 0 Å². The first kappa shape index (κ1) is 27.2. The predicted molar refractivity (Wildman–Crippen MR) is 140 cm³/mol. The molecule has 3 heterocycles. The number of nitrogens with zero attached hydrogens (tertiary/aromatic N) is 4. The molecule has 0 spiro atoms. The lowest BCUT2D eigenvalue weighted by molar-refractivity contribution is -0.139. The number of amides is 2. The zero-order valence-corrected chi connectivity index (χ0v) is 21.9. The summed E-state index contributed by atoms with van der Waals surface area (Å²) in [5.74, 6) is -1.30. The fourth-order valence-electron chi connectivity index (χ4n) is 4.91. The normalized spacial score (nSPS) is 18.6. The van der Waals surface area contributed by atoms with E-state index in [0.29, 0.717) is 42.4 Å². The van der Waals surface area contributed by atoms with Gasteiger partial charge in [-0.15, -0.1) is 0 Å². The molecule has 5 rings (SSSR count). The Morgan fingerprint density at radius 2 is 1.90 bits per heavy atom. The zero-order valence-electron chi connectivity index (χ0n) is 20.3. The van der Waals surface area contributed by atoms with Crippen molar-refractivity contribution in [1.82, 2.24) is 19.6 Å². The van der Waals surface area contributed by atoms with E-state index in [1.165, 1.54) is 27.9 Å². The van der Waals surface area contributed by atoms with E-state index in [9.17, 15) is 27.6 Å². The monoisotopic (exact) mass is 578 g/mol. The van der Waals surface area contributed by atoms with Crippen LogP contribution in [0.3, 0.4) is 0 Å². The number of carboxylic acid groups (broad SMARTS) is 1. The van der Waals surface area contributed by atoms with Crippen molar-refractivity contribution in [3.63, 3.8) is 0 Å². The Balaban J connectivity index is 1.32. The van der Waals surface area contributed by atoms with Crippen molar-refractivity contribution < 1.29 is 32.7 Å². The number of fused-ring (bicyclic) bond motifs is 1. The molecule has 2 saturated heterocycles. The largest absolute Gasteiger partial charge is 0.480 e. The number of hydrogen-bond acceptors (Lipinski definition) is 6. The number of halogens is 4. The third kappa shape index (κ3) is 5.82. The first-order valence-electron chi connectivity index (χ1n) is 12.0. The molecular weight excluding hydrogens is 557 g/mol. The van der Waals surface area contributed by atoms with E-state index >= 15 is 0 Å². The maximum absolute atomic E-state index is 13.5. The van der Waals surface area contributed by atoms with Crippen molar-refractivity contribution in [3.8, 4) is 0 Å². The number of aromatic nitrogens is 2. The van der Waals surface area contributed by atoms with Crippen LogP contribution in [0.1, 0.15) is 29.5 Å². The van der Waals surface area contributed by atoms with Gasteiger partial charge in [0.1, 0.15) is 0 Å². The van der Waals surface area contributed by atoms with Crippen LogP contribution in [0.2, 0.25) is 5.02 Å². The highest BCUT2D eigenvalue weighted by Crippen LogP contribution is 2.37. The molecule has 0 atom stereocenters. The van der Waals surface area contributed by atoms with E-state index in [1.807, 2.05) is 0 Å². The number of benzene rings is 2. The van der Waals surface area contributed by atoms with Crippen LogP contribution in [0.4, 0.5) is 18.0 Å². The Morgan fingerprint density at radius 1 is 1.15 bits per heavy atom. The van der Waals surface area contributed by atoms with Crippen LogP contribution in [-0.2, 0) is 22.3 Å². The van der Waals surface area contributed by atoms with Gasteiger partial charge in [-0.05, 0) is 66.1 Å². The molecule has 2 aliphatic heterocycles. The molecule has 2 aliphatic rings. The molecule has 2 fully saturated rings. The van der Waals surface area contributed by atoms with Crippen molar-refractivity contribution in [2.45, 2.75) is 31.6 Å². The van der Waals surface area contributed by atoms with Crippen molar-refractivity contribution in [2.24, 2.45) is 0 Å². The summed E-state index contributed by atoms with van der Waals surface area (Å²) in [5, 5.41) is 13.5. The number of aliphatic carboxylic acids is 1. The summed E-state index contributed by atoms with van der Waals surface area (Å²) in [7, 11) is 0. The topological polar surface area (TPSA) is 95.7 Å². The highest BCUT2D eigenvalue weighted by molar-refractivity contribution is 8.18. The van der Waals surface area contributed by atoms with Crippen molar-refractivity contribution >= 4 is 57.5 Å². The Hall–Kier alpha value is -3.35. The molecule has 204 valence electrons. The lowest BCUT2D eigenvalue weighted by atomic mass is 10.0. The summed E-state index contributed by atoms with van der Waals surface area (Å²) >= 11 is 6.63. The van der Waals surface area contributed by atoms with Gasteiger partial charge in [-0.25, -0.2) is 0 Å². The molecule has 13 heteroatoms. The summed E-state index contributed by atoms with van der Waals surface area (Å²) in [6, 6.07) is 8.52. The molecule has 0 radical (unpaired) electrons. The molecule has 0 bridgehead atoms. The molecule has 3 aromatic rings. The minimum absolute atomic E-state index is 0.00546. The molecule has 39 heavy (non-hydrogen) atoms. The third-order valence-electron chi connectivity index (χ3n) is 6.77. The van der Waals surface area contributed by atoms with Crippen LogP contribution < -0.4 is 0 Å². The number of hydrogen-bond donors (Lipinski definition) is 1. The van der Waals surface area contributed by atoms with E-state index in [0.717, 1.165) is 17.8 Å². The van der Waals surface area contributed by atoms with Crippen molar-refractivity contribution in [3.05, 3.63) is 69.2 Å². The summed E-state index contributed by atoms with van der Waals surface area (Å²) in [6.07, 6.45) is -0.398. The van der Waals surface area contributed by atoms with Crippen molar-refractivity contribution in [2.75, 3.05) is 19.6 Å². The lowest BCUT2D eigenvalue weighted by Gasteiger charge is -2.34. The highest BCUT2D eigenvalue weighted by Gasteiger charge is 2.41. The highest BCUT2D eigenvalue weighted by atomic mass is 35.5. The average molecular weight is 579 g/mol. The number of imide groups is 1. The fourth-order valence-corrected chi connectivity index (χ4v) is 5.98. The van der Waals surface area contributed by atoms with Gasteiger partial charge in [0.2, 0.25) is 0 Å². The smallest absolute Gasteiger partial charge is 0.416 e. The van der Waals surface area contributed by atoms with Gasteiger partial charge in [0, 0.05) is 29.5 Å². The first-order chi connectivity index (χ1) is 18.5. The number of rotatable bonds is 6. The molecule has 0 saturated carbocycles. The molecule has 8 nitrogen and oxygen atoms in total. The van der Waals surface area contributed by atoms with Gasteiger partial charge in [-0.3, -0.25) is 28.9 Å². The second-order valence-electron chi connectivity index (χ2n) is 9.37. The van der Waals surface area contributed by atoms with Crippen molar-refractivity contribution in [1.29, 1.82) is 0 Å². The summed E-state index contributed by atoms with van der Waals surface area (Å²) in [4.78, 5) is 40.0. The number of thioether (sulfide) groups is 1. The van der Waals surface area contributed by atoms with Gasteiger partial charge in [-0.1, -0.05) is 23.7 Å². The van der Waals surface area contributed by atoms with Crippen LogP contribution in [0.15, 0.2) is 47.5 Å². The maximum atomic E-state index is 13.5. The van der Waals surface area contributed by atoms with Crippen LogP contribution in [0, 0.1) is 0 Å². The Bertz CT molecular complexity index is 1500. The van der Waals surface area contributed by atoms with Gasteiger partial charge >= 0.3 is 12.1 Å². The van der Waals surface area contributed by atoms with Crippen LogP contribution >= 0.6 is 23.4 Å². The molecule has 2 aromatic carbocycles. The predicted octanol–water partition coefficient (Wildman–Crippen LogP) is 5.34. The molecule has 0 aliphatic carbocycles. The Morgan fingerprint density at radius 3 is 2.59 bits per heavy atom.